The van der Waals surface area contributed by atoms with Gasteiger partial charge in [0.25, 0.3) is 5.91 Å². The molecular formula is C23H33N7O3S. The maximum Gasteiger partial charge on any atom is 0.253 e. The van der Waals surface area contributed by atoms with Crippen LogP contribution in [-0.2, 0) is 10.0 Å². The van der Waals surface area contributed by atoms with E-state index >= 15 is 0 Å². The molecule has 0 spiro atoms. The van der Waals surface area contributed by atoms with Crippen LogP contribution in [0.2, 0.25) is 0 Å². The van der Waals surface area contributed by atoms with Crippen LogP contribution >= 0.6 is 0 Å². The van der Waals surface area contributed by atoms with Crippen molar-refractivity contribution in [1.82, 2.24) is 24.1 Å². The third kappa shape index (κ3) is 5.83. The van der Waals surface area contributed by atoms with Crippen molar-refractivity contribution in [2.45, 2.75) is 19.9 Å². The molecule has 3 heterocycles. The van der Waals surface area contributed by atoms with E-state index in [1.807, 2.05) is 18.2 Å². The summed E-state index contributed by atoms with van der Waals surface area (Å²) in [4.78, 5) is 28.3. The fourth-order valence-corrected chi connectivity index (χ4v) is 5.08. The maximum absolute atomic E-state index is 12.8. The number of amides is 1. The first-order valence-corrected chi connectivity index (χ1v) is 13.5. The Labute approximate surface area is 201 Å². The highest BCUT2D eigenvalue weighted by Crippen LogP contribution is 2.20. The van der Waals surface area contributed by atoms with Crippen molar-refractivity contribution in [1.29, 1.82) is 0 Å². The van der Waals surface area contributed by atoms with Gasteiger partial charge in [0.1, 0.15) is 5.82 Å². The quantitative estimate of drug-likeness (QED) is 0.654. The van der Waals surface area contributed by atoms with E-state index in [9.17, 15) is 13.2 Å². The number of benzene rings is 1. The molecule has 1 aromatic carbocycles. The summed E-state index contributed by atoms with van der Waals surface area (Å²) < 4.78 is 24.7. The highest BCUT2D eigenvalue weighted by atomic mass is 32.2. The van der Waals surface area contributed by atoms with Crippen LogP contribution in [0.1, 0.15) is 24.2 Å². The van der Waals surface area contributed by atoms with Crippen LogP contribution < -0.4 is 10.2 Å². The largest absolute Gasteiger partial charge is 0.340 e. The molecular weight excluding hydrogens is 454 g/mol. The summed E-state index contributed by atoms with van der Waals surface area (Å²) >= 11 is 0. The SMILES string of the molecule is CC(C)N1CCN(c2nccc(Nc3ccc(C(=O)N4CCN(S(C)(=O)=O)CC4)cc3)n2)CC1. The van der Waals surface area contributed by atoms with Gasteiger partial charge in [0, 0.05) is 75.8 Å². The number of carbonyl (C=O) groups excluding carboxylic acids is 1. The summed E-state index contributed by atoms with van der Waals surface area (Å²) in [6, 6.07) is 9.63. The van der Waals surface area contributed by atoms with E-state index < -0.39 is 10.0 Å². The summed E-state index contributed by atoms with van der Waals surface area (Å²) in [7, 11) is -3.22. The Kier molecular flexibility index (Phi) is 7.34. The van der Waals surface area contributed by atoms with E-state index in [0.29, 0.717) is 49.6 Å². The molecule has 0 aliphatic carbocycles. The molecule has 1 N–H and O–H groups in total. The van der Waals surface area contributed by atoms with E-state index in [1.54, 1.807) is 23.2 Å². The number of rotatable bonds is 6. The minimum Gasteiger partial charge on any atom is -0.340 e. The highest BCUT2D eigenvalue weighted by Gasteiger charge is 2.26. The molecule has 2 aliphatic rings. The summed E-state index contributed by atoms with van der Waals surface area (Å²) in [6.45, 7) is 9.66. The molecule has 0 bridgehead atoms. The number of carbonyl (C=O) groups is 1. The molecule has 2 aromatic rings. The van der Waals surface area contributed by atoms with Crippen molar-refractivity contribution in [3.8, 4) is 0 Å². The minimum absolute atomic E-state index is 0.0930. The number of nitrogens with one attached hydrogen (secondary N) is 1. The summed E-state index contributed by atoms with van der Waals surface area (Å²) in [5.74, 6) is 1.32. The molecule has 2 fully saturated rings. The Bertz CT molecular complexity index is 1090. The van der Waals surface area contributed by atoms with Gasteiger partial charge in [-0.15, -0.1) is 0 Å². The Balaban J connectivity index is 1.34. The zero-order chi connectivity index (χ0) is 24.3. The fraction of sp³-hybridized carbons (Fsp3) is 0.522. The van der Waals surface area contributed by atoms with E-state index in [1.165, 1.54) is 10.6 Å². The zero-order valence-corrected chi connectivity index (χ0v) is 20.8. The van der Waals surface area contributed by atoms with Gasteiger partial charge in [0.05, 0.1) is 6.26 Å². The first-order valence-electron chi connectivity index (χ1n) is 11.6. The molecule has 1 amide bonds. The topological polar surface area (TPSA) is 102 Å². The molecule has 10 nitrogen and oxygen atoms in total. The number of sulfonamides is 1. The van der Waals surface area contributed by atoms with E-state index in [2.05, 4.69) is 38.9 Å². The average molecular weight is 488 g/mol. The number of hydrogen-bond donors (Lipinski definition) is 1. The van der Waals surface area contributed by atoms with Crippen molar-refractivity contribution in [3.05, 3.63) is 42.1 Å². The first-order chi connectivity index (χ1) is 16.2. The highest BCUT2D eigenvalue weighted by molar-refractivity contribution is 7.88. The van der Waals surface area contributed by atoms with E-state index in [0.717, 1.165) is 31.9 Å². The molecule has 4 rings (SSSR count). The van der Waals surface area contributed by atoms with Crippen LogP contribution in [0.4, 0.5) is 17.5 Å². The van der Waals surface area contributed by atoms with Crippen molar-refractivity contribution >= 4 is 33.4 Å². The van der Waals surface area contributed by atoms with Crippen LogP contribution in [0.15, 0.2) is 36.5 Å². The predicted molar refractivity (Wildman–Crippen MR) is 133 cm³/mol. The van der Waals surface area contributed by atoms with Gasteiger partial charge in [-0.25, -0.2) is 13.4 Å². The van der Waals surface area contributed by atoms with Gasteiger partial charge >= 0.3 is 0 Å². The van der Waals surface area contributed by atoms with Gasteiger partial charge in [-0.05, 0) is 44.2 Å². The van der Waals surface area contributed by atoms with Crippen molar-refractivity contribution < 1.29 is 13.2 Å². The Morgan fingerprint density at radius 1 is 0.941 bits per heavy atom. The molecule has 2 saturated heterocycles. The standard InChI is InChI=1S/C23H33N7O3S/c1-18(2)27-10-12-29(13-11-27)23-24-9-8-21(26-23)25-20-6-4-19(5-7-20)22(31)28-14-16-30(17-15-28)34(3,32)33/h4-9,18H,10-17H2,1-3H3,(H,24,25,26). The number of nitrogens with zero attached hydrogens (tertiary/aromatic N) is 6. The minimum atomic E-state index is -3.22. The normalized spacial score (nSPS) is 18.4. The molecule has 11 heteroatoms. The number of anilines is 3. The lowest BCUT2D eigenvalue weighted by Crippen LogP contribution is -2.50. The van der Waals surface area contributed by atoms with Crippen molar-refractivity contribution in [2.75, 3.05) is 68.8 Å². The lowest BCUT2D eigenvalue weighted by atomic mass is 10.1. The van der Waals surface area contributed by atoms with Crippen LogP contribution in [0.25, 0.3) is 0 Å². The van der Waals surface area contributed by atoms with E-state index in [4.69, 9.17) is 0 Å². The molecule has 2 aliphatic heterocycles. The molecule has 0 saturated carbocycles. The van der Waals surface area contributed by atoms with Gasteiger partial charge in [0.15, 0.2) is 0 Å². The van der Waals surface area contributed by atoms with Gasteiger partial charge in [0.2, 0.25) is 16.0 Å². The Morgan fingerprint density at radius 2 is 1.59 bits per heavy atom. The second-order valence-electron chi connectivity index (χ2n) is 9.02. The Hall–Kier alpha value is -2.76. The van der Waals surface area contributed by atoms with Crippen LogP contribution in [0.5, 0.6) is 0 Å². The van der Waals surface area contributed by atoms with Gasteiger partial charge in [-0.1, -0.05) is 0 Å². The molecule has 1 aromatic heterocycles. The maximum atomic E-state index is 12.8. The lowest BCUT2D eigenvalue weighted by molar-refractivity contribution is 0.0698. The molecule has 34 heavy (non-hydrogen) atoms. The molecule has 0 radical (unpaired) electrons. The predicted octanol–water partition coefficient (Wildman–Crippen LogP) is 1.47. The summed E-state index contributed by atoms with van der Waals surface area (Å²) in [6.07, 6.45) is 2.96. The van der Waals surface area contributed by atoms with Gasteiger partial charge in [-0.2, -0.15) is 9.29 Å². The monoisotopic (exact) mass is 487 g/mol. The van der Waals surface area contributed by atoms with Crippen LogP contribution in [0, 0.1) is 0 Å². The smallest absolute Gasteiger partial charge is 0.253 e. The second kappa shape index (κ2) is 10.2. The van der Waals surface area contributed by atoms with Gasteiger partial charge in [-0.3, -0.25) is 9.69 Å². The van der Waals surface area contributed by atoms with E-state index in [-0.39, 0.29) is 5.91 Å². The first kappa shape index (κ1) is 24.4. The second-order valence-corrected chi connectivity index (χ2v) is 11.0. The lowest BCUT2D eigenvalue weighted by Gasteiger charge is -2.36. The number of hydrogen-bond acceptors (Lipinski definition) is 8. The third-order valence-electron chi connectivity index (χ3n) is 6.37. The van der Waals surface area contributed by atoms with Crippen LogP contribution in [0.3, 0.4) is 0 Å². The molecule has 0 unspecified atom stereocenters. The number of piperazine rings is 2. The average Bonchev–Trinajstić information content (AvgIpc) is 2.84. The third-order valence-corrected chi connectivity index (χ3v) is 7.67. The molecule has 184 valence electrons. The van der Waals surface area contributed by atoms with Gasteiger partial charge < -0.3 is 15.1 Å². The fourth-order valence-electron chi connectivity index (χ4n) is 4.26. The van der Waals surface area contributed by atoms with Crippen molar-refractivity contribution in [2.24, 2.45) is 0 Å². The van der Waals surface area contributed by atoms with Crippen molar-refractivity contribution in [3.63, 3.8) is 0 Å². The summed E-state index contributed by atoms with van der Waals surface area (Å²) in [5.41, 5.74) is 1.40. The molecule has 0 atom stereocenters. The Morgan fingerprint density at radius 3 is 2.18 bits per heavy atom. The van der Waals surface area contributed by atoms with Crippen LogP contribution in [-0.4, -0.2) is 103 Å². The number of aromatic nitrogens is 2. The summed E-state index contributed by atoms with van der Waals surface area (Å²) in [5, 5.41) is 3.29. The zero-order valence-electron chi connectivity index (χ0n) is 20.0.